The second-order valence-electron chi connectivity index (χ2n) is 6.83. The van der Waals surface area contributed by atoms with Gasteiger partial charge in [0.15, 0.2) is 0 Å². The average molecular weight is 287 g/mol. The smallest absolute Gasteiger partial charge is 0.0238 e. The van der Waals surface area contributed by atoms with Crippen molar-refractivity contribution >= 4 is 0 Å². The van der Waals surface area contributed by atoms with Gasteiger partial charge in [-0.15, -0.1) is 0 Å². The number of nitrogens with one attached hydrogen (secondary N) is 1. The van der Waals surface area contributed by atoms with Crippen LogP contribution >= 0.6 is 0 Å². The molecule has 0 unspecified atom stereocenters. The fraction of sp³-hybridized carbons (Fsp3) is 0.667. The highest BCUT2D eigenvalue weighted by Gasteiger charge is 2.21. The van der Waals surface area contributed by atoms with Crippen molar-refractivity contribution in [1.29, 1.82) is 0 Å². The van der Waals surface area contributed by atoms with E-state index in [4.69, 9.17) is 0 Å². The molecule has 3 rings (SSSR count). The molecule has 21 heavy (non-hydrogen) atoms. The summed E-state index contributed by atoms with van der Waals surface area (Å²) >= 11 is 0. The number of hydrogen-bond acceptors (Lipinski definition) is 3. The number of nitrogens with zero attached hydrogens (tertiary/aromatic N) is 2. The van der Waals surface area contributed by atoms with E-state index in [1.54, 1.807) is 0 Å². The predicted molar refractivity (Wildman–Crippen MR) is 88.3 cm³/mol. The van der Waals surface area contributed by atoms with Crippen LogP contribution in [0.4, 0.5) is 0 Å². The summed E-state index contributed by atoms with van der Waals surface area (Å²) in [5, 5.41) is 3.65. The van der Waals surface area contributed by atoms with Crippen LogP contribution in [0.5, 0.6) is 0 Å². The lowest BCUT2D eigenvalue weighted by Crippen LogP contribution is -2.48. The maximum absolute atomic E-state index is 3.65. The van der Waals surface area contributed by atoms with Crippen LogP contribution in [-0.4, -0.2) is 48.1 Å². The van der Waals surface area contributed by atoms with E-state index in [1.165, 1.54) is 50.1 Å². The van der Waals surface area contributed by atoms with Crippen LogP contribution in [0.1, 0.15) is 37.8 Å². The third-order valence-electron chi connectivity index (χ3n) is 4.81. The summed E-state index contributed by atoms with van der Waals surface area (Å²) in [7, 11) is 0. The van der Waals surface area contributed by atoms with Crippen molar-refractivity contribution in [1.82, 2.24) is 15.1 Å². The van der Waals surface area contributed by atoms with Gasteiger partial charge in [0.25, 0.3) is 0 Å². The van der Waals surface area contributed by atoms with Gasteiger partial charge in [0, 0.05) is 51.4 Å². The summed E-state index contributed by atoms with van der Waals surface area (Å²) in [6.45, 7) is 11.6. The van der Waals surface area contributed by atoms with Crippen LogP contribution in [0.3, 0.4) is 0 Å². The molecule has 0 bridgehead atoms. The molecular weight excluding hydrogens is 258 g/mol. The Balaban J connectivity index is 1.54. The maximum Gasteiger partial charge on any atom is 0.0238 e. The minimum atomic E-state index is 0.683. The van der Waals surface area contributed by atoms with Crippen molar-refractivity contribution in [2.24, 2.45) is 0 Å². The molecule has 1 aromatic carbocycles. The van der Waals surface area contributed by atoms with E-state index < -0.39 is 0 Å². The molecule has 1 N–H and O–H groups in total. The van der Waals surface area contributed by atoms with E-state index in [2.05, 4.69) is 53.2 Å². The van der Waals surface area contributed by atoms with Gasteiger partial charge >= 0.3 is 0 Å². The van der Waals surface area contributed by atoms with Gasteiger partial charge in [0.1, 0.15) is 0 Å². The van der Waals surface area contributed by atoms with Crippen LogP contribution in [0.15, 0.2) is 24.3 Å². The average Bonchev–Trinajstić information content (AvgIpc) is 3.31. The first-order chi connectivity index (χ1) is 10.2. The van der Waals surface area contributed by atoms with Gasteiger partial charge in [-0.25, -0.2) is 0 Å². The fourth-order valence-corrected chi connectivity index (χ4v) is 3.10. The van der Waals surface area contributed by atoms with Crippen molar-refractivity contribution in [2.45, 2.75) is 51.9 Å². The molecule has 2 fully saturated rings. The summed E-state index contributed by atoms with van der Waals surface area (Å²) < 4.78 is 0. The SMILES string of the molecule is CC(C)N1CCN(Cc2ccccc2CNC2CC2)CC1. The Morgan fingerprint density at radius 1 is 1.05 bits per heavy atom. The minimum Gasteiger partial charge on any atom is -0.310 e. The molecular formula is C18H29N3. The van der Waals surface area contributed by atoms with E-state index in [0.717, 1.165) is 19.1 Å². The Hall–Kier alpha value is -0.900. The molecule has 1 aliphatic carbocycles. The number of benzene rings is 1. The third-order valence-corrected chi connectivity index (χ3v) is 4.81. The molecule has 0 spiro atoms. The normalized spacial score (nSPS) is 21.1. The molecule has 0 aromatic heterocycles. The highest BCUT2D eigenvalue weighted by atomic mass is 15.3. The standard InChI is InChI=1S/C18H29N3/c1-15(2)21-11-9-20(10-12-21)14-17-6-4-3-5-16(17)13-19-18-7-8-18/h3-6,15,18-19H,7-14H2,1-2H3. The second kappa shape index (κ2) is 6.91. The maximum atomic E-state index is 3.65. The lowest BCUT2D eigenvalue weighted by molar-refractivity contribution is 0.104. The minimum absolute atomic E-state index is 0.683. The summed E-state index contributed by atoms with van der Waals surface area (Å²) in [5.74, 6) is 0. The molecule has 3 heteroatoms. The van der Waals surface area contributed by atoms with Crippen LogP contribution in [0.2, 0.25) is 0 Å². The van der Waals surface area contributed by atoms with Gasteiger partial charge in [-0.3, -0.25) is 9.80 Å². The highest BCUT2D eigenvalue weighted by Crippen LogP contribution is 2.20. The Morgan fingerprint density at radius 3 is 2.33 bits per heavy atom. The van der Waals surface area contributed by atoms with Crippen molar-refractivity contribution in [3.63, 3.8) is 0 Å². The quantitative estimate of drug-likeness (QED) is 0.867. The third kappa shape index (κ3) is 4.29. The van der Waals surface area contributed by atoms with Crippen molar-refractivity contribution < 1.29 is 0 Å². The van der Waals surface area contributed by atoms with E-state index in [-0.39, 0.29) is 0 Å². The number of rotatable bonds is 6. The monoisotopic (exact) mass is 287 g/mol. The second-order valence-corrected chi connectivity index (χ2v) is 6.83. The van der Waals surface area contributed by atoms with E-state index >= 15 is 0 Å². The lowest BCUT2D eigenvalue weighted by Gasteiger charge is -2.37. The Labute approximate surface area is 129 Å². The predicted octanol–water partition coefficient (Wildman–Crippen LogP) is 2.46. The molecule has 1 aliphatic heterocycles. The fourth-order valence-electron chi connectivity index (χ4n) is 3.10. The zero-order valence-electron chi connectivity index (χ0n) is 13.5. The summed E-state index contributed by atoms with van der Waals surface area (Å²) in [6.07, 6.45) is 2.72. The molecule has 0 radical (unpaired) electrons. The number of piperazine rings is 1. The van der Waals surface area contributed by atoms with Crippen molar-refractivity contribution in [3.8, 4) is 0 Å². The van der Waals surface area contributed by atoms with E-state index in [9.17, 15) is 0 Å². The van der Waals surface area contributed by atoms with Crippen molar-refractivity contribution in [2.75, 3.05) is 26.2 Å². The van der Waals surface area contributed by atoms with Crippen molar-refractivity contribution in [3.05, 3.63) is 35.4 Å². The molecule has 0 atom stereocenters. The molecule has 1 heterocycles. The van der Waals surface area contributed by atoms with E-state index in [1.807, 2.05) is 0 Å². The van der Waals surface area contributed by atoms with Crippen LogP contribution in [0, 0.1) is 0 Å². The van der Waals surface area contributed by atoms with Gasteiger partial charge < -0.3 is 5.32 Å². The summed E-state index contributed by atoms with van der Waals surface area (Å²) in [4.78, 5) is 5.19. The molecule has 0 amide bonds. The summed E-state index contributed by atoms with van der Waals surface area (Å²) in [6, 6.07) is 10.4. The molecule has 116 valence electrons. The van der Waals surface area contributed by atoms with Crippen LogP contribution in [0.25, 0.3) is 0 Å². The number of hydrogen-bond donors (Lipinski definition) is 1. The topological polar surface area (TPSA) is 18.5 Å². The largest absolute Gasteiger partial charge is 0.310 e. The first kappa shape index (κ1) is 15.0. The first-order valence-electron chi connectivity index (χ1n) is 8.49. The lowest BCUT2D eigenvalue weighted by atomic mass is 10.1. The molecule has 2 aliphatic rings. The first-order valence-corrected chi connectivity index (χ1v) is 8.49. The molecule has 1 saturated carbocycles. The highest BCUT2D eigenvalue weighted by molar-refractivity contribution is 5.27. The zero-order chi connectivity index (χ0) is 14.7. The van der Waals surface area contributed by atoms with Gasteiger partial charge in [0.2, 0.25) is 0 Å². The van der Waals surface area contributed by atoms with E-state index in [0.29, 0.717) is 6.04 Å². The Bertz CT molecular complexity index is 446. The van der Waals surface area contributed by atoms with Gasteiger partial charge in [-0.1, -0.05) is 24.3 Å². The van der Waals surface area contributed by atoms with Gasteiger partial charge in [-0.05, 0) is 37.8 Å². The Kier molecular flexibility index (Phi) is 4.94. The van der Waals surface area contributed by atoms with Crippen LogP contribution < -0.4 is 5.32 Å². The molecule has 1 aromatic rings. The summed E-state index contributed by atoms with van der Waals surface area (Å²) in [5.41, 5.74) is 2.99. The van der Waals surface area contributed by atoms with Gasteiger partial charge in [-0.2, -0.15) is 0 Å². The van der Waals surface area contributed by atoms with Crippen LogP contribution in [-0.2, 0) is 13.1 Å². The zero-order valence-corrected chi connectivity index (χ0v) is 13.5. The van der Waals surface area contributed by atoms with Gasteiger partial charge in [0.05, 0.1) is 0 Å². The molecule has 3 nitrogen and oxygen atoms in total. The molecule has 1 saturated heterocycles. The Morgan fingerprint density at radius 2 is 1.71 bits per heavy atom.